The van der Waals surface area contributed by atoms with E-state index in [2.05, 4.69) is 135 Å². The average Bonchev–Trinajstić information content (AvgIpc) is 3.24. The maximum atomic E-state index is 12.6. The first kappa shape index (κ1) is 56.9. The maximum absolute atomic E-state index is 12.6. The number of carbonyl (C=O) groups is 1. The van der Waals surface area contributed by atoms with Crippen molar-refractivity contribution in [3.8, 4) is 0 Å². The monoisotopic (exact) mass is 857 g/mol. The molecule has 0 aliphatic rings. The van der Waals surface area contributed by atoms with E-state index in [4.69, 9.17) is 23.6 Å². The molecule has 3 atom stereocenters. The molecule has 0 aromatic heterocycles. The van der Waals surface area contributed by atoms with Gasteiger partial charge >= 0.3 is 13.8 Å². The molecule has 3 N–H and O–H groups in total. The quantitative estimate of drug-likeness (QED) is 0.0238. The molecule has 340 valence electrons. The zero-order valence-electron chi connectivity index (χ0n) is 37.1. The summed E-state index contributed by atoms with van der Waals surface area (Å²) >= 11 is 0. The lowest BCUT2D eigenvalue weighted by molar-refractivity contribution is -0.154. The Morgan fingerprint density at radius 3 is 1.35 bits per heavy atom. The fourth-order valence-corrected chi connectivity index (χ4v) is 6.08. The van der Waals surface area contributed by atoms with Crippen LogP contribution in [0, 0.1) is 0 Å². The number of unbranched alkanes of at least 4 members (excludes halogenated alkanes) is 7. The number of hydrogen-bond acceptors (Lipinski definition) is 8. The first-order chi connectivity index (χ1) is 29.3. The minimum absolute atomic E-state index is 0.00272. The first-order valence-electron chi connectivity index (χ1n) is 22.5. The van der Waals surface area contributed by atoms with Crippen LogP contribution in [-0.2, 0) is 27.9 Å². The van der Waals surface area contributed by atoms with E-state index in [1.807, 2.05) is 0 Å². The standard InChI is InChI=1S/C50H81O9P/c1-3-5-7-9-11-13-15-17-19-20-21-22-23-24-25-26-27-29-31-33-35-37-39-41-43-56-46-49(47-58-60(54,55)57-45-48(52)44-51)59-50(53)42-40-38-36-34-32-30-28-18-16-14-12-10-8-6-4-2/h5-8,11-14,17-19,21-22,24-25,27-29,33,35,48-49,51-52H,3-4,9-10,15-16,20,23,26,30-32,34,36-47H2,1-2H3,(H,54,55)/b7-5-,8-6-,13-11-,14-12-,19-17-,22-21-,25-24-,28-18-,29-27-,35-33-. The molecule has 10 heteroatoms. The van der Waals surface area contributed by atoms with Crippen molar-refractivity contribution in [2.45, 2.75) is 154 Å². The highest BCUT2D eigenvalue weighted by molar-refractivity contribution is 7.47. The second kappa shape index (κ2) is 45.4. The Morgan fingerprint density at radius 1 is 0.517 bits per heavy atom. The van der Waals surface area contributed by atoms with E-state index in [0.29, 0.717) is 13.0 Å². The van der Waals surface area contributed by atoms with Gasteiger partial charge in [0.05, 0.1) is 26.4 Å². The fourth-order valence-electron chi connectivity index (χ4n) is 5.29. The van der Waals surface area contributed by atoms with Gasteiger partial charge in [-0.25, -0.2) is 4.57 Å². The summed E-state index contributed by atoms with van der Waals surface area (Å²) < 4.78 is 33.3. The van der Waals surface area contributed by atoms with Gasteiger partial charge in [-0.05, 0) is 103 Å². The van der Waals surface area contributed by atoms with Crippen LogP contribution in [0.3, 0.4) is 0 Å². The van der Waals surface area contributed by atoms with E-state index in [-0.39, 0.29) is 13.0 Å². The maximum Gasteiger partial charge on any atom is 0.472 e. The van der Waals surface area contributed by atoms with Crippen LogP contribution in [0.2, 0.25) is 0 Å². The molecule has 0 bridgehead atoms. The van der Waals surface area contributed by atoms with Gasteiger partial charge in [0.15, 0.2) is 0 Å². The van der Waals surface area contributed by atoms with Crippen molar-refractivity contribution in [2.24, 2.45) is 0 Å². The first-order valence-corrected chi connectivity index (χ1v) is 24.0. The van der Waals surface area contributed by atoms with Gasteiger partial charge in [-0.3, -0.25) is 13.8 Å². The van der Waals surface area contributed by atoms with Gasteiger partial charge in [-0.1, -0.05) is 155 Å². The zero-order chi connectivity index (χ0) is 43.9. The van der Waals surface area contributed by atoms with Crippen LogP contribution < -0.4 is 0 Å². The molecule has 0 aromatic carbocycles. The van der Waals surface area contributed by atoms with Gasteiger partial charge in [-0.15, -0.1) is 0 Å². The predicted molar refractivity (Wildman–Crippen MR) is 251 cm³/mol. The van der Waals surface area contributed by atoms with Crippen molar-refractivity contribution < 1.29 is 43.0 Å². The number of esters is 1. The summed E-state index contributed by atoms with van der Waals surface area (Å²) in [5, 5.41) is 18.4. The van der Waals surface area contributed by atoms with E-state index < -0.39 is 45.8 Å². The van der Waals surface area contributed by atoms with Gasteiger partial charge < -0.3 is 24.6 Å². The Morgan fingerprint density at radius 2 is 0.900 bits per heavy atom. The third-order valence-corrected chi connectivity index (χ3v) is 9.59. The van der Waals surface area contributed by atoms with Gasteiger partial charge in [0.25, 0.3) is 0 Å². The fraction of sp³-hybridized carbons (Fsp3) is 0.580. The molecule has 60 heavy (non-hydrogen) atoms. The van der Waals surface area contributed by atoms with Crippen molar-refractivity contribution in [1.29, 1.82) is 0 Å². The predicted octanol–water partition coefficient (Wildman–Crippen LogP) is 12.8. The Bertz CT molecular complexity index is 1340. The lowest BCUT2D eigenvalue weighted by Crippen LogP contribution is -2.29. The molecule has 3 unspecified atom stereocenters. The molecule has 0 saturated heterocycles. The molecule has 0 heterocycles. The minimum atomic E-state index is -4.55. The Kier molecular flexibility index (Phi) is 43.0. The van der Waals surface area contributed by atoms with Gasteiger partial charge in [0, 0.05) is 13.0 Å². The summed E-state index contributed by atoms with van der Waals surface area (Å²) in [4.78, 5) is 22.6. The molecule has 0 spiro atoms. The zero-order valence-corrected chi connectivity index (χ0v) is 38.0. The van der Waals surface area contributed by atoms with Crippen molar-refractivity contribution in [3.63, 3.8) is 0 Å². The molecule has 0 aromatic rings. The van der Waals surface area contributed by atoms with Crippen molar-refractivity contribution in [3.05, 3.63) is 122 Å². The van der Waals surface area contributed by atoms with E-state index in [0.717, 1.165) is 116 Å². The van der Waals surface area contributed by atoms with Gasteiger partial charge in [0.2, 0.25) is 0 Å². The van der Waals surface area contributed by atoms with Crippen LogP contribution in [0.15, 0.2) is 122 Å². The summed E-state index contributed by atoms with van der Waals surface area (Å²) in [6.45, 7) is 3.11. The molecule has 9 nitrogen and oxygen atoms in total. The minimum Gasteiger partial charge on any atom is -0.457 e. The van der Waals surface area contributed by atoms with Gasteiger partial charge in [0.1, 0.15) is 12.2 Å². The van der Waals surface area contributed by atoms with E-state index >= 15 is 0 Å². The highest BCUT2D eigenvalue weighted by atomic mass is 31.2. The normalized spacial score (nSPS) is 15.1. The molecule has 0 rings (SSSR count). The third kappa shape index (κ3) is 44.4. The number of aliphatic hydroxyl groups is 2. The number of phosphoric ester groups is 1. The molecule has 0 radical (unpaired) electrons. The van der Waals surface area contributed by atoms with Crippen LogP contribution in [-0.4, -0.2) is 66.3 Å². The van der Waals surface area contributed by atoms with Crippen LogP contribution in [0.4, 0.5) is 0 Å². The summed E-state index contributed by atoms with van der Waals surface area (Å²) in [6, 6.07) is 0. The van der Waals surface area contributed by atoms with E-state index in [1.54, 1.807) is 0 Å². The molecule has 0 saturated carbocycles. The van der Waals surface area contributed by atoms with E-state index in [9.17, 15) is 19.4 Å². The topological polar surface area (TPSA) is 132 Å². The van der Waals surface area contributed by atoms with Crippen molar-refractivity contribution in [2.75, 3.05) is 33.0 Å². The largest absolute Gasteiger partial charge is 0.472 e. The molecule has 0 fully saturated rings. The molecule has 0 aliphatic carbocycles. The smallest absolute Gasteiger partial charge is 0.457 e. The number of rotatable bonds is 41. The lowest BCUT2D eigenvalue weighted by Gasteiger charge is -2.20. The highest BCUT2D eigenvalue weighted by Crippen LogP contribution is 2.43. The van der Waals surface area contributed by atoms with Crippen LogP contribution >= 0.6 is 7.82 Å². The molecular weight excluding hydrogens is 776 g/mol. The number of aliphatic hydroxyl groups excluding tert-OH is 2. The molecule has 0 amide bonds. The number of phosphoric acid groups is 1. The third-order valence-electron chi connectivity index (χ3n) is 8.64. The Balaban J connectivity index is 4.30. The second-order valence-electron chi connectivity index (χ2n) is 14.3. The van der Waals surface area contributed by atoms with Crippen LogP contribution in [0.5, 0.6) is 0 Å². The Labute approximate surface area is 364 Å². The number of allylic oxidation sites excluding steroid dienone is 20. The van der Waals surface area contributed by atoms with Gasteiger partial charge in [-0.2, -0.15) is 0 Å². The summed E-state index contributed by atoms with van der Waals surface area (Å²) in [6.07, 6.45) is 60.2. The Hall–Kier alpha value is -3.14. The summed E-state index contributed by atoms with van der Waals surface area (Å²) in [5.41, 5.74) is 0. The summed E-state index contributed by atoms with van der Waals surface area (Å²) in [5.74, 6) is -0.421. The number of ether oxygens (including phenoxy) is 2. The number of carbonyl (C=O) groups excluding carboxylic acids is 1. The second-order valence-corrected chi connectivity index (χ2v) is 15.8. The van der Waals surface area contributed by atoms with Crippen molar-refractivity contribution >= 4 is 13.8 Å². The molecular formula is C50H81O9P. The SMILES string of the molecule is CC/C=C\C/C=C\C/C=C\C/C=C\C/C=C\C/C=C\C/C=C\CCCCOCC(COP(=O)(O)OCC(O)CO)OC(=O)CCCCCCC/C=C\C/C=C\C/C=C\CC. The number of hydrogen-bond donors (Lipinski definition) is 3. The van der Waals surface area contributed by atoms with E-state index in [1.165, 1.54) is 0 Å². The van der Waals surface area contributed by atoms with Crippen LogP contribution in [0.1, 0.15) is 142 Å². The lowest BCUT2D eigenvalue weighted by atomic mass is 10.1. The average molecular weight is 857 g/mol. The van der Waals surface area contributed by atoms with Crippen LogP contribution in [0.25, 0.3) is 0 Å². The highest BCUT2D eigenvalue weighted by Gasteiger charge is 2.26. The summed E-state index contributed by atoms with van der Waals surface area (Å²) in [7, 11) is -4.55. The molecule has 0 aliphatic heterocycles. The van der Waals surface area contributed by atoms with Crippen molar-refractivity contribution in [1.82, 2.24) is 0 Å².